The van der Waals surface area contributed by atoms with Gasteiger partial charge in [0.05, 0.1) is 16.6 Å². The van der Waals surface area contributed by atoms with Crippen molar-refractivity contribution >= 4 is 40.2 Å². The first-order valence-electron chi connectivity index (χ1n) is 11.6. The van der Waals surface area contributed by atoms with Gasteiger partial charge in [0.25, 0.3) is 5.91 Å². The monoisotopic (exact) mass is 497 g/mol. The molecule has 6 rings (SSSR count). The summed E-state index contributed by atoms with van der Waals surface area (Å²) in [5, 5.41) is 7.28. The molecule has 8 nitrogen and oxygen atoms in total. The Morgan fingerprint density at radius 1 is 1.09 bits per heavy atom. The molecule has 2 aliphatic heterocycles. The fourth-order valence-corrected chi connectivity index (χ4v) is 5.72. The highest BCUT2D eigenvalue weighted by Crippen LogP contribution is 2.41. The lowest BCUT2D eigenvalue weighted by molar-refractivity contribution is -0.141. The van der Waals surface area contributed by atoms with Crippen molar-refractivity contribution in [1.29, 1.82) is 0 Å². The maximum atomic E-state index is 14.6. The zero-order valence-corrected chi connectivity index (χ0v) is 19.7. The number of hydrogen-bond acceptors (Lipinski definition) is 5. The number of halogens is 2. The first-order valence-corrected chi connectivity index (χ1v) is 12.0. The molecule has 1 unspecified atom stereocenters. The largest absolute Gasteiger partial charge is 0.364 e. The third kappa shape index (κ3) is 4.41. The van der Waals surface area contributed by atoms with Crippen molar-refractivity contribution in [3.8, 4) is 0 Å². The molecule has 0 spiro atoms. The van der Waals surface area contributed by atoms with E-state index >= 15 is 0 Å². The molecule has 3 heterocycles. The predicted molar refractivity (Wildman–Crippen MR) is 128 cm³/mol. The van der Waals surface area contributed by atoms with Crippen molar-refractivity contribution in [2.45, 2.75) is 50.9 Å². The van der Waals surface area contributed by atoms with Crippen LogP contribution in [0.3, 0.4) is 0 Å². The average Bonchev–Trinajstić information content (AvgIpc) is 3.21. The molecule has 2 bridgehead atoms. The second-order valence-electron chi connectivity index (χ2n) is 9.20. The number of carbonyl (C=O) groups excluding carboxylic acids is 3. The number of nitrogens with zero attached hydrogens (tertiary/aromatic N) is 3. The van der Waals surface area contributed by atoms with E-state index in [0.29, 0.717) is 16.5 Å². The Morgan fingerprint density at radius 3 is 2.57 bits per heavy atom. The van der Waals surface area contributed by atoms with Crippen LogP contribution < -0.4 is 11.1 Å². The number of imide groups is 1. The van der Waals surface area contributed by atoms with Gasteiger partial charge in [-0.15, -0.1) is 0 Å². The third-order valence-electron chi connectivity index (χ3n) is 7.11. The van der Waals surface area contributed by atoms with Gasteiger partial charge in [-0.2, -0.15) is 5.10 Å². The van der Waals surface area contributed by atoms with E-state index in [1.807, 2.05) is 4.90 Å². The van der Waals surface area contributed by atoms with Gasteiger partial charge in [-0.1, -0.05) is 41.9 Å². The van der Waals surface area contributed by atoms with E-state index < -0.39 is 29.6 Å². The molecule has 182 valence electrons. The van der Waals surface area contributed by atoms with Crippen LogP contribution in [-0.2, 0) is 22.7 Å². The Kier molecular flexibility index (Phi) is 6.29. The molecule has 1 aliphatic carbocycles. The van der Waals surface area contributed by atoms with Crippen LogP contribution in [-0.4, -0.2) is 44.5 Å². The van der Waals surface area contributed by atoms with Crippen LogP contribution in [0.25, 0.3) is 10.9 Å². The molecule has 10 heteroatoms. The van der Waals surface area contributed by atoms with E-state index in [-0.39, 0.29) is 35.8 Å². The molecule has 0 radical (unpaired) electrons. The summed E-state index contributed by atoms with van der Waals surface area (Å²) in [6, 6.07) is 11.4. The van der Waals surface area contributed by atoms with Crippen LogP contribution in [0, 0.1) is 11.7 Å². The molecule has 2 aromatic carbocycles. The summed E-state index contributed by atoms with van der Waals surface area (Å²) in [6.45, 7) is -0.00509. The first-order chi connectivity index (χ1) is 16.8. The number of fused-ring (bicyclic) bond motifs is 4. The number of rotatable bonds is 6. The predicted octanol–water partition coefficient (Wildman–Crippen LogP) is 3.01. The van der Waals surface area contributed by atoms with Crippen LogP contribution in [0.1, 0.15) is 41.7 Å². The number of nitrogens with one attached hydrogen (secondary N) is 1. The number of nitrogens with two attached hydrogens (primary N) is 1. The Labute approximate surface area is 206 Å². The van der Waals surface area contributed by atoms with Crippen LogP contribution in [0.4, 0.5) is 4.39 Å². The quantitative estimate of drug-likeness (QED) is 0.544. The van der Waals surface area contributed by atoms with E-state index in [1.165, 1.54) is 10.7 Å². The van der Waals surface area contributed by atoms with Crippen LogP contribution in [0.15, 0.2) is 42.5 Å². The van der Waals surface area contributed by atoms with Gasteiger partial charge in [-0.25, -0.2) is 4.39 Å². The smallest absolute Gasteiger partial charge is 0.269 e. The lowest BCUT2D eigenvalue weighted by Crippen LogP contribution is -2.61. The zero-order valence-electron chi connectivity index (χ0n) is 18.9. The molecule has 1 saturated carbocycles. The Morgan fingerprint density at radius 2 is 1.83 bits per heavy atom. The molecule has 3 aromatic rings. The summed E-state index contributed by atoms with van der Waals surface area (Å²) in [6.07, 6.45) is 3.63. The number of primary amides is 1. The minimum absolute atomic E-state index is 0.0441. The summed E-state index contributed by atoms with van der Waals surface area (Å²) in [4.78, 5) is 39.9. The molecular weight excluding hydrogens is 473 g/mol. The van der Waals surface area contributed by atoms with Gasteiger partial charge in [-0.05, 0) is 43.7 Å². The summed E-state index contributed by atoms with van der Waals surface area (Å²) < 4.78 is 16.0. The average molecular weight is 498 g/mol. The lowest BCUT2D eigenvalue weighted by Gasteiger charge is -2.50. The molecule has 2 saturated heterocycles. The maximum absolute atomic E-state index is 14.6. The van der Waals surface area contributed by atoms with Crippen molar-refractivity contribution in [3.05, 3.63) is 64.6 Å². The van der Waals surface area contributed by atoms with Gasteiger partial charge in [0.1, 0.15) is 12.4 Å². The Bertz CT molecular complexity index is 1320. The minimum Gasteiger partial charge on any atom is -0.364 e. The van der Waals surface area contributed by atoms with Crippen molar-refractivity contribution in [2.75, 3.05) is 0 Å². The number of benzene rings is 2. The van der Waals surface area contributed by atoms with Gasteiger partial charge < -0.3 is 5.73 Å². The van der Waals surface area contributed by atoms with E-state index in [4.69, 9.17) is 17.3 Å². The second-order valence-corrected chi connectivity index (χ2v) is 9.61. The molecule has 35 heavy (non-hydrogen) atoms. The molecule has 3 aliphatic rings. The van der Waals surface area contributed by atoms with Gasteiger partial charge in [0.2, 0.25) is 11.8 Å². The third-order valence-corrected chi connectivity index (χ3v) is 7.41. The number of carbonyl (C=O) groups is 3. The highest BCUT2D eigenvalue weighted by atomic mass is 35.5. The minimum atomic E-state index is -0.696. The number of amides is 3. The fourth-order valence-electron chi connectivity index (χ4n) is 5.52. The lowest BCUT2D eigenvalue weighted by atomic mass is 9.74. The number of aromatic nitrogens is 2. The highest BCUT2D eigenvalue weighted by molar-refractivity contribution is 6.30. The second kappa shape index (κ2) is 9.39. The van der Waals surface area contributed by atoms with E-state index in [9.17, 15) is 18.8 Å². The number of hydrogen-bond donors (Lipinski definition) is 2. The molecule has 1 aromatic heterocycles. The Hall–Kier alpha value is -3.30. The SMILES string of the molecule is NC(=O)c1nn(CC(=O)NC(=O)C2C3CCC(CC3)N2Cc2cccc(Cl)c2F)c2ccccc12. The fraction of sp³-hybridized carbons (Fsp3) is 0.360. The zero-order chi connectivity index (χ0) is 24.7. The maximum Gasteiger partial charge on any atom is 0.269 e. The van der Waals surface area contributed by atoms with Crippen molar-refractivity contribution in [2.24, 2.45) is 11.7 Å². The Balaban J connectivity index is 1.34. The van der Waals surface area contributed by atoms with Crippen LogP contribution in [0.2, 0.25) is 5.02 Å². The molecule has 3 fully saturated rings. The van der Waals surface area contributed by atoms with Gasteiger partial charge in [0.15, 0.2) is 5.69 Å². The number of piperidine rings is 2. The highest BCUT2D eigenvalue weighted by Gasteiger charge is 2.45. The van der Waals surface area contributed by atoms with E-state index in [2.05, 4.69) is 10.4 Å². The number of para-hydroxylation sites is 1. The molecule has 1 atom stereocenters. The van der Waals surface area contributed by atoms with Gasteiger partial charge >= 0.3 is 0 Å². The van der Waals surface area contributed by atoms with E-state index in [0.717, 1.165) is 25.7 Å². The first kappa shape index (κ1) is 23.4. The van der Waals surface area contributed by atoms with Crippen LogP contribution in [0.5, 0.6) is 0 Å². The summed E-state index contributed by atoms with van der Waals surface area (Å²) >= 11 is 5.96. The summed E-state index contributed by atoms with van der Waals surface area (Å²) in [7, 11) is 0. The summed E-state index contributed by atoms with van der Waals surface area (Å²) in [5.74, 6) is -2.05. The normalized spacial score (nSPS) is 21.8. The standard InChI is InChI=1S/C25H25ClFN5O3/c26-18-6-3-4-15(21(18)27)12-31-16-10-8-14(9-11-16)23(31)25(35)29-20(33)13-32-19-7-2-1-5-17(19)22(30-32)24(28)34/h1-7,14,16,23H,8-13H2,(H2,28,34)(H,29,33,35). The van der Waals surface area contributed by atoms with Crippen molar-refractivity contribution in [1.82, 2.24) is 20.0 Å². The van der Waals surface area contributed by atoms with Crippen LogP contribution >= 0.6 is 11.6 Å². The molecular formula is C25H25ClFN5O3. The molecule has 3 N–H and O–H groups in total. The topological polar surface area (TPSA) is 110 Å². The van der Waals surface area contributed by atoms with Crippen molar-refractivity contribution < 1.29 is 18.8 Å². The van der Waals surface area contributed by atoms with Crippen molar-refractivity contribution in [3.63, 3.8) is 0 Å². The van der Waals surface area contributed by atoms with Gasteiger partial charge in [0, 0.05) is 23.5 Å². The molecule has 3 amide bonds. The van der Waals surface area contributed by atoms with E-state index in [1.54, 1.807) is 36.4 Å². The van der Waals surface area contributed by atoms with Gasteiger partial charge in [-0.3, -0.25) is 29.3 Å². The summed E-state index contributed by atoms with van der Waals surface area (Å²) in [5.41, 5.74) is 6.49.